The number of fused-ring (bicyclic) bond motifs is 2. The molecule has 3 saturated heterocycles. The van der Waals surface area contributed by atoms with Crippen LogP contribution < -0.4 is 30.7 Å². The number of halogens is 5. The Morgan fingerprint density at radius 1 is 0.921 bits per heavy atom. The van der Waals surface area contributed by atoms with E-state index in [2.05, 4.69) is 20.6 Å². The van der Waals surface area contributed by atoms with E-state index in [9.17, 15) is 24.3 Å². The number of ether oxygens (including phenoxy) is 2. The fourth-order valence-electron chi connectivity index (χ4n) is 12.3. The van der Waals surface area contributed by atoms with E-state index < -0.39 is 64.3 Å². The molecule has 0 bridgehead atoms. The first-order valence-corrected chi connectivity index (χ1v) is 26.5. The summed E-state index contributed by atoms with van der Waals surface area (Å²) in [5.74, 6) is -5.14. The maximum Gasteiger partial charge on any atom is 0.329 e. The number of anilines is 1. The number of carbonyl (C=O) groups excluding carboxylic acids is 4. The number of aryl methyl sites for hydroxylation is 1. The lowest BCUT2D eigenvalue weighted by molar-refractivity contribution is -0.138. The summed E-state index contributed by atoms with van der Waals surface area (Å²) in [7, 11) is 1.56. The molecular formula is C56H61ClF4N8O7. The summed E-state index contributed by atoms with van der Waals surface area (Å²) in [5, 5.41) is 19.2. The highest BCUT2D eigenvalue weighted by Crippen LogP contribution is 2.57. The third-order valence-electron chi connectivity index (χ3n) is 16.3. The average Bonchev–Trinajstić information content (AvgIpc) is 3.93. The maximum atomic E-state index is 16.4. The number of hydrogen-bond donors (Lipinski definition) is 4. The number of piperidine rings is 2. The largest absolute Gasteiger partial charge is 0.488 e. The van der Waals surface area contributed by atoms with Crippen LogP contribution in [0.1, 0.15) is 104 Å². The zero-order valence-electron chi connectivity index (χ0n) is 42.4. The summed E-state index contributed by atoms with van der Waals surface area (Å²) >= 11 is 6.69. The molecule has 15 nitrogen and oxygen atoms in total. The third-order valence-corrected chi connectivity index (χ3v) is 16.7. The SMILES string of the molecule is C[C@H]1c2c(cc(F)c(Cl)c2-c2c(C(N)=O)ccc(OCCO)c2F)O[C@]1(/C=C\NC1CCC(C(=O)N2CCC(CN3CCC(c4c(F)cc5c(N6CCC(=O)NC6=O)nn(C)c5c4F)CC3)CC2)CC1)c1ccccc1. The van der Waals surface area contributed by atoms with Crippen LogP contribution in [-0.2, 0) is 22.2 Å². The first kappa shape index (κ1) is 52.7. The molecule has 10 rings (SSSR count). The molecule has 20 heteroatoms. The number of likely N-dealkylation sites (tertiary alicyclic amines) is 2. The Hall–Kier alpha value is -6.70. The van der Waals surface area contributed by atoms with Crippen molar-refractivity contribution in [3.8, 4) is 22.6 Å². The minimum atomic E-state index is -1.24. The number of urea groups is 1. The lowest BCUT2D eigenvalue weighted by Crippen LogP contribution is -2.49. The molecule has 4 fully saturated rings. The van der Waals surface area contributed by atoms with Crippen LogP contribution in [0.5, 0.6) is 11.5 Å². The Labute approximate surface area is 442 Å². The summed E-state index contributed by atoms with van der Waals surface area (Å²) < 4.78 is 77.8. The number of primary amides is 1. The van der Waals surface area contributed by atoms with E-state index in [-0.39, 0.29) is 93.8 Å². The number of nitrogens with one attached hydrogen (secondary N) is 2. The van der Waals surface area contributed by atoms with Gasteiger partial charge in [-0.05, 0) is 112 Å². The summed E-state index contributed by atoms with van der Waals surface area (Å²) in [6.07, 6.45) is 9.59. The van der Waals surface area contributed by atoms with Gasteiger partial charge in [-0.2, -0.15) is 5.10 Å². The molecule has 1 aliphatic carbocycles. The third kappa shape index (κ3) is 9.85. The van der Waals surface area contributed by atoms with Crippen molar-refractivity contribution in [3.63, 3.8) is 0 Å². The van der Waals surface area contributed by atoms with E-state index in [0.29, 0.717) is 63.3 Å². The first-order valence-electron chi connectivity index (χ1n) is 26.1. The van der Waals surface area contributed by atoms with Crippen LogP contribution in [0.15, 0.2) is 66.9 Å². The lowest BCUT2D eigenvalue weighted by atomic mass is 9.77. The number of nitrogens with zero attached hydrogens (tertiary/aromatic N) is 5. The number of benzene rings is 4. The molecule has 0 unspecified atom stereocenters. The number of aliphatic hydroxyl groups excluding tert-OH is 1. The summed E-state index contributed by atoms with van der Waals surface area (Å²) in [4.78, 5) is 56.5. The van der Waals surface area contributed by atoms with Crippen LogP contribution in [0, 0.1) is 35.1 Å². The maximum absolute atomic E-state index is 16.4. The van der Waals surface area contributed by atoms with E-state index >= 15 is 17.6 Å². The minimum absolute atomic E-state index is 0.0393. The predicted molar refractivity (Wildman–Crippen MR) is 277 cm³/mol. The number of nitrogens with two attached hydrogens (primary N) is 1. The molecular weight excluding hydrogens is 1010 g/mol. The van der Waals surface area contributed by atoms with Gasteiger partial charge in [0.1, 0.15) is 29.5 Å². The van der Waals surface area contributed by atoms with E-state index in [1.54, 1.807) is 7.05 Å². The van der Waals surface area contributed by atoms with Crippen LogP contribution in [0.25, 0.3) is 22.0 Å². The van der Waals surface area contributed by atoms with Crippen LogP contribution in [0.2, 0.25) is 5.02 Å². The quantitative estimate of drug-likeness (QED) is 0.0787. The predicted octanol–water partition coefficient (Wildman–Crippen LogP) is 8.54. The Kier molecular flexibility index (Phi) is 15.1. The van der Waals surface area contributed by atoms with Gasteiger partial charge in [0.15, 0.2) is 28.8 Å². The van der Waals surface area contributed by atoms with Gasteiger partial charge >= 0.3 is 6.03 Å². The van der Waals surface area contributed by atoms with Gasteiger partial charge in [-0.3, -0.25) is 29.3 Å². The average molecular weight is 1070 g/mol. The second kappa shape index (κ2) is 21.7. The normalized spacial score (nSPS) is 22.8. The summed E-state index contributed by atoms with van der Waals surface area (Å²) in [6, 6.07) is 13.6. The molecule has 5 amide bonds. The van der Waals surface area contributed by atoms with Crippen molar-refractivity contribution < 1.29 is 51.3 Å². The zero-order chi connectivity index (χ0) is 53.6. The van der Waals surface area contributed by atoms with Crippen molar-refractivity contribution in [2.75, 3.05) is 57.4 Å². The van der Waals surface area contributed by atoms with Crippen LogP contribution in [-0.4, -0.2) is 107 Å². The van der Waals surface area contributed by atoms with E-state index in [4.69, 9.17) is 26.8 Å². The Morgan fingerprint density at radius 2 is 1.64 bits per heavy atom. The monoisotopic (exact) mass is 1070 g/mol. The fraction of sp³-hybridized carbons (Fsp3) is 0.446. The van der Waals surface area contributed by atoms with E-state index in [1.807, 2.05) is 54.4 Å². The zero-order valence-corrected chi connectivity index (χ0v) is 43.1. The second-order valence-electron chi connectivity index (χ2n) is 20.8. The highest BCUT2D eigenvalue weighted by molar-refractivity contribution is 6.34. The van der Waals surface area contributed by atoms with Crippen molar-refractivity contribution in [2.24, 2.45) is 24.6 Å². The Balaban J connectivity index is 0.736. The number of amides is 5. The highest BCUT2D eigenvalue weighted by Gasteiger charge is 2.49. The molecule has 1 saturated carbocycles. The molecule has 5 aliphatic rings. The first-order chi connectivity index (χ1) is 36.6. The van der Waals surface area contributed by atoms with Gasteiger partial charge in [0.2, 0.25) is 17.7 Å². The number of aliphatic hydroxyl groups is 1. The van der Waals surface area contributed by atoms with E-state index in [0.717, 1.165) is 43.9 Å². The van der Waals surface area contributed by atoms with Crippen molar-refractivity contribution >= 4 is 52.1 Å². The van der Waals surface area contributed by atoms with Crippen molar-refractivity contribution in [1.29, 1.82) is 0 Å². The lowest BCUT2D eigenvalue weighted by Gasteiger charge is -2.39. The molecule has 402 valence electrons. The van der Waals surface area contributed by atoms with Gasteiger partial charge in [-0.1, -0.05) is 48.9 Å². The van der Waals surface area contributed by atoms with Crippen LogP contribution in [0.3, 0.4) is 0 Å². The molecule has 1 aromatic heterocycles. The number of aromatic nitrogens is 2. The highest BCUT2D eigenvalue weighted by atomic mass is 35.5. The number of imide groups is 1. The fourth-order valence-corrected chi connectivity index (χ4v) is 12.5. The van der Waals surface area contributed by atoms with Crippen molar-refractivity contribution in [1.82, 2.24) is 30.2 Å². The number of rotatable bonds is 14. The molecule has 5 N–H and O–H groups in total. The van der Waals surface area contributed by atoms with Gasteiger partial charge in [0, 0.05) is 85.8 Å². The molecule has 5 heterocycles. The Bertz CT molecular complexity index is 3100. The molecule has 4 aliphatic heterocycles. The minimum Gasteiger partial charge on any atom is -0.488 e. The summed E-state index contributed by atoms with van der Waals surface area (Å²) in [5.41, 5.74) is 5.08. The molecule has 76 heavy (non-hydrogen) atoms. The van der Waals surface area contributed by atoms with Crippen LogP contribution in [0.4, 0.5) is 28.2 Å². The standard InChI is InChI=1S/C56H61ClF4N8O7/c1-31-44-42(29-40(59)48(57)47(44)46-37(52(62)72)12-13-41(49(46)60)75-27-26-70)76-56(31,35-6-4-3-5-7-35)19-20-63-36-10-8-34(9-11-36)54(73)68-23-14-32(15-24-68)30-67-21-16-33(17-22-67)45-39(58)28-38-51(50(45)61)66(2)65-53(38)69-25-18-43(71)64-55(69)74/h3-7,12-13,19-20,28-29,31-34,36,63,70H,8-11,14-18,21-27,30H2,1-2H3,(H2,62,72)(H,64,71,74)/b20-19-/t31-,34?,36?,56-/m0/s1. The van der Waals surface area contributed by atoms with Gasteiger partial charge < -0.3 is 35.4 Å². The van der Waals surface area contributed by atoms with Crippen molar-refractivity contribution in [2.45, 2.75) is 88.2 Å². The summed E-state index contributed by atoms with van der Waals surface area (Å²) in [6.45, 7) is 4.88. The smallest absolute Gasteiger partial charge is 0.329 e. The number of carbonyl (C=O) groups is 4. The van der Waals surface area contributed by atoms with Gasteiger partial charge in [-0.15, -0.1) is 0 Å². The number of hydrogen-bond acceptors (Lipinski definition) is 10. The molecule has 2 atom stereocenters. The van der Waals surface area contributed by atoms with Crippen molar-refractivity contribution in [3.05, 3.63) is 117 Å². The van der Waals surface area contributed by atoms with Gasteiger partial charge in [-0.25, -0.2) is 22.4 Å². The molecule has 4 aromatic carbocycles. The van der Waals surface area contributed by atoms with Gasteiger partial charge in [0.25, 0.3) is 0 Å². The topological polar surface area (TPSA) is 185 Å². The van der Waals surface area contributed by atoms with Crippen LogP contribution >= 0.6 is 11.6 Å². The van der Waals surface area contributed by atoms with Gasteiger partial charge in [0.05, 0.1) is 22.6 Å². The molecule has 0 spiro atoms. The van der Waals surface area contributed by atoms with E-state index in [1.165, 1.54) is 27.8 Å². The molecule has 5 aromatic rings. The second-order valence-corrected chi connectivity index (χ2v) is 21.1. The molecule has 0 radical (unpaired) electrons. The Morgan fingerprint density at radius 3 is 2.33 bits per heavy atom.